The number of nitrogens with one attached hydrogen (secondary N) is 2. The maximum Gasteiger partial charge on any atom is 0.220 e. The minimum atomic E-state index is 0. The van der Waals surface area contributed by atoms with Gasteiger partial charge in [-0.2, -0.15) is 0 Å². The van der Waals surface area contributed by atoms with Crippen LogP contribution in [0.2, 0.25) is 0 Å². The van der Waals surface area contributed by atoms with E-state index >= 15 is 0 Å². The van der Waals surface area contributed by atoms with Crippen molar-refractivity contribution in [2.24, 2.45) is 5.92 Å². The van der Waals surface area contributed by atoms with Crippen molar-refractivity contribution < 1.29 is 4.79 Å². The maximum absolute atomic E-state index is 11.4. The molecule has 15 heavy (non-hydrogen) atoms. The molecule has 2 unspecified atom stereocenters. The quantitative estimate of drug-likeness (QED) is 0.710. The molecule has 0 rings (SSSR count). The molecule has 3 nitrogen and oxygen atoms in total. The van der Waals surface area contributed by atoms with E-state index in [1.165, 1.54) is 0 Å². The molecule has 0 aliphatic rings. The van der Waals surface area contributed by atoms with Crippen molar-refractivity contribution in [3.63, 3.8) is 0 Å². The Morgan fingerprint density at radius 3 is 2.40 bits per heavy atom. The fraction of sp³-hybridized carbons (Fsp3) is 0.909. The first-order valence-corrected chi connectivity index (χ1v) is 5.54. The zero-order valence-electron chi connectivity index (χ0n) is 10.3. The molecule has 0 spiro atoms. The molecule has 0 heterocycles. The highest BCUT2D eigenvalue weighted by molar-refractivity contribution is 5.85. The molecule has 4 heteroatoms. The first-order valence-electron chi connectivity index (χ1n) is 5.54. The molecule has 0 aromatic heterocycles. The zero-order valence-corrected chi connectivity index (χ0v) is 11.1. The van der Waals surface area contributed by atoms with Gasteiger partial charge in [-0.05, 0) is 19.9 Å². The van der Waals surface area contributed by atoms with Gasteiger partial charge >= 0.3 is 0 Å². The number of hydrogen-bond acceptors (Lipinski definition) is 2. The van der Waals surface area contributed by atoms with Gasteiger partial charge in [0.1, 0.15) is 0 Å². The second-order valence-corrected chi connectivity index (χ2v) is 4.09. The normalized spacial score (nSPS) is 13.9. The van der Waals surface area contributed by atoms with Crippen molar-refractivity contribution in [1.82, 2.24) is 10.6 Å². The van der Waals surface area contributed by atoms with Crippen LogP contribution in [0.25, 0.3) is 0 Å². The van der Waals surface area contributed by atoms with Crippen LogP contribution in [0.4, 0.5) is 0 Å². The molecule has 0 aliphatic heterocycles. The van der Waals surface area contributed by atoms with E-state index in [1.807, 2.05) is 7.05 Å². The molecule has 0 saturated carbocycles. The molecule has 92 valence electrons. The molecule has 0 aromatic rings. The van der Waals surface area contributed by atoms with Crippen LogP contribution in [0.1, 0.15) is 40.0 Å². The lowest BCUT2D eigenvalue weighted by Gasteiger charge is -2.13. The molecule has 0 bridgehead atoms. The molecular formula is C11H25ClN2O. The van der Waals surface area contributed by atoms with Gasteiger partial charge in [0.05, 0.1) is 0 Å². The van der Waals surface area contributed by atoms with Crippen LogP contribution in [0.5, 0.6) is 0 Å². The number of carbonyl (C=O) groups excluding carboxylic acids is 1. The lowest BCUT2D eigenvalue weighted by molar-refractivity contribution is -0.122. The number of hydrogen-bond donors (Lipinski definition) is 2. The Hall–Kier alpha value is -0.280. The number of likely N-dealkylation sites (N-methyl/N-ethyl adjacent to an activating group) is 1. The molecule has 0 fully saturated rings. The van der Waals surface area contributed by atoms with E-state index in [2.05, 4.69) is 31.4 Å². The summed E-state index contributed by atoms with van der Waals surface area (Å²) in [7, 11) is 1.90. The van der Waals surface area contributed by atoms with Crippen molar-refractivity contribution in [3.8, 4) is 0 Å². The maximum atomic E-state index is 11.4. The Bertz CT molecular complexity index is 165. The van der Waals surface area contributed by atoms with Crippen LogP contribution in [-0.4, -0.2) is 25.5 Å². The number of rotatable bonds is 7. The van der Waals surface area contributed by atoms with E-state index in [-0.39, 0.29) is 18.3 Å². The fourth-order valence-electron chi connectivity index (χ4n) is 1.35. The van der Waals surface area contributed by atoms with Crippen LogP contribution in [-0.2, 0) is 4.79 Å². The molecule has 1 amide bonds. The van der Waals surface area contributed by atoms with Crippen molar-refractivity contribution in [2.75, 3.05) is 13.6 Å². The Labute approximate surface area is 99.8 Å². The van der Waals surface area contributed by atoms with Crippen LogP contribution in [0.3, 0.4) is 0 Å². The summed E-state index contributed by atoms with van der Waals surface area (Å²) in [5.41, 5.74) is 0. The van der Waals surface area contributed by atoms with Crippen LogP contribution >= 0.6 is 12.4 Å². The fourth-order valence-corrected chi connectivity index (χ4v) is 1.35. The van der Waals surface area contributed by atoms with Crippen molar-refractivity contribution in [2.45, 2.75) is 46.1 Å². The van der Waals surface area contributed by atoms with Crippen molar-refractivity contribution in [3.05, 3.63) is 0 Å². The van der Waals surface area contributed by atoms with Crippen LogP contribution < -0.4 is 10.6 Å². The second-order valence-electron chi connectivity index (χ2n) is 4.09. The highest BCUT2D eigenvalue weighted by atomic mass is 35.5. The van der Waals surface area contributed by atoms with E-state index in [0.29, 0.717) is 24.9 Å². The van der Waals surface area contributed by atoms with Gasteiger partial charge in [-0.3, -0.25) is 4.79 Å². The largest absolute Gasteiger partial charge is 0.355 e. The van der Waals surface area contributed by atoms with E-state index < -0.39 is 0 Å². The van der Waals surface area contributed by atoms with E-state index in [9.17, 15) is 4.79 Å². The van der Waals surface area contributed by atoms with Gasteiger partial charge < -0.3 is 10.6 Å². The summed E-state index contributed by atoms with van der Waals surface area (Å²) >= 11 is 0. The zero-order chi connectivity index (χ0) is 11.0. The topological polar surface area (TPSA) is 41.1 Å². The summed E-state index contributed by atoms with van der Waals surface area (Å²) in [6.45, 7) is 7.05. The van der Waals surface area contributed by atoms with Gasteiger partial charge in [0.15, 0.2) is 0 Å². The van der Waals surface area contributed by atoms with Gasteiger partial charge in [-0.1, -0.05) is 26.7 Å². The number of carbonyl (C=O) groups is 1. The smallest absolute Gasteiger partial charge is 0.220 e. The molecular weight excluding hydrogens is 212 g/mol. The summed E-state index contributed by atoms with van der Waals surface area (Å²) < 4.78 is 0. The third-order valence-electron chi connectivity index (χ3n) is 2.41. The standard InChI is InChI=1S/C11H24N2O.ClH/c1-5-6-9(2)7-11(14)13-8-10(3)12-4;/h9-10,12H,5-8H2,1-4H3,(H,13,14);1H. The summed E-state index contributed by atoms with van der Waals surface area (Å²) in [5.74, 6) is 0.679. The summed E-state index contributed by atoms with van der Waals surface area (Å²) in [6.07, 6.45) is 2.95. The molecule has 0 radical (unpaired) electrons. The summed E-state index contributed by atoms with van der Waals surface area (Å²) in [6, 6.07) is 0.348. The lowest BCUT2D eigenvalue weighted by Crippen LogP contribution is -2.37. The predicted octanol–water partition coefficient (Wildman–Crippen LogP) is 1.96. The number of amides is 1. The average molecular weight is 237 g/mol. The van der Waals surface area contributed by atoms with E-state index in [0.717, 1.165) is 12.8 Å². The minimum Gasteiger partial charge on any atom is -0.355 e. The number of halogens is 1. The summed E-state index contributed by atoms with van der Waals surface area (Å²) in [4.78, 5) is 11.4. The highest BCUT2D eigenvalue weighted by Crippen LogP contribution is 2.08. The van der Waals surface area contributed by atoms with Gasteiger partial charge in [0.25, 0.3) is 0 Å². The van der Waals surface area contributed by atoms with Crippen molar-refractivity contribution >= 4 is 18.3 Å². The van der Waals surface area contributed by atoms with E-state index in [1.54, 1.807) is 0 Å². The highest BCUT2D eigenvalue weighted by Gasteiger charge is 2.08. The Kier molecular flexibility index (Phi) is 11.7. The summed E-state index contributed by atoms with van der Waals surface area (Å²) in [5, 5.41) is 6.01. The molecule has 2 atom stereocenters. The third-order valence-corrected chi connectivity index (χ3v) is 2.41. The van der Waals surface area contributed by atoms with Gasteiger partial charge in [-0.15, -0.1) is 12.4 Å². The SMILES string of the molecule is CCCC(C)CC(=O)NCC(C)NC.Cl. The third kappa shape index (κ3) is 10.0. The van der Waals surface area contributed by atoms with Gasteiger partial charge in [-0.25, -0.2) is 0 Å². The van der Waals surface area contributed by atoms with Gasteiger partial charge in [0, 0.05) is 19.0 Å². The monoisotopic (exact) mass is 236 g/mol. The molecule has 0 aliphatic carbocycles. The van der Waals surface area contributed by atoms with E-state index in [4.69, 9.17) is 0 Å². The second kappa shape index (κ2) is 10.2. The first-order chi connectivity index (χ1) is 6.60. The molecule has 0 aromatic carbocycles. The van der Waals surface area contributed by atoms with Gasteiger partial charge in [0.2, 0.25) is 5.91 Å². The van der Waals surface area contributed by atoms with Crippen molar-refractivity contribution in [1.29, 1.82) is 0 Å². The Balaban J connectivity index is 0. The Morgan fingerprint density at radius 2 is 1.93 bits per heavy atom. The molecule has 2 N–H and O–H groups in total. The van der Waals surface area contributed by atoms with Crippen LogP contribution in [0.15, 0.2) is 0 Å². The predicted molar refractivity (Wildman–Crippen MR) is 67.5 cm³/mol. The average Bonchev–Trinajstić information content (AvgIpc) is 2.14. The minimum absolute atomic E-state index is 0. The molecule has 0 saturated heterocycles. The Morgan fingerprint density at radius 1 is 1.33 bits per heavy atom. The van der Waals surface area contributed by atoms with Crippen LogP contribution in [0, 0.1) is 5.92 Å². The lowest BCUT2D eigenvalue weighted by atomic mass is 10.0. The first kappa shape index (κ1) is 17.1.